The van der Waals surface area contributed by atoms with Crippen LogP contribution in [0.5, 0.6) is 0 Å². The SMILES string of the molecule is ClCC1(CCl)C=CN=C(c2ccccn2)C1. The third kappa shape index (κ3) is 2.28. The van der Waals surface area contributed by atoms with Crippen molar-refractivity contribution in [3.63, 3.8) is 0 Å². The second-order valence-electron chi connectivity index (χ2n) is 3.91. The summed E-state index contributed by atoms with van der Waals surface area (Å²) in [7, 11) is 0. The van der Waals surface area contributed by atoms with E-state index in [1.54, 1.807) is 12.4 Å². The Morgan fingerprint density at radius 1 is 1.25 bits per heavy atom. The summed E-state index contributed by atoms with van der Waals surface area (Å²) in [5, 5.41) is 0. The van der Waals surface area contributed by atoms with Crippen LogP contribution in [0.2, 0.25) is 0 Å². The molecule has 0 saturated heterocycles. The lowest BCUT2D eigenvalue weighted by atomic mass is 9.84. The average Bonchev–Trinajstić information content (AvgIpc) is 2.40. The van der Waals surface area contributed by atoms with Crippen molar-refractivity contribution in [2.45, 2.75) is 6.42 Å². The van der Waals surface area contributed by atoms with Gasteiger partial charge in [-0.3, -0.25) is 9.98 Å². The predicted octanol–water partition coefficient (Wildman–Crippen LogP) is 3.25. The number of rotatable bonds is 3. The van der Waals surface area contributed by atoms with Crippen molar-refractivity contribution in [3.05, 3.63) is 42.4 Å². The lowest BCUT2D eigenvalue weighted by Gasteiger charge is -2.28. The van der Waals surface area contributed by atoms with Crippen molar-refractivity contribution >= 4 is 28.9 Å². The van der Waals surface area contributed by atoms with Crippen molar-refractivity contribution < 1.29 is 0 Å². The molecule has 0 spiro atoms. The molecule has 0 amide bonds. The van der Waals surface area contributed by atoms with Gasteiger partial charge in [0.1, 0.15) is 0 Å². The van der Waals surface area contributed by atoms with Crippen LogP contribution >= 0.6 is 23.2 Å². The Morgan fingerprint density at radius 3 is 2.69 bits per heavy atom. The molecule has 2 nitrogen and oxygen atoms in total. The van der Waals surface area contributed by atoms with E-state index in [9.17, 15) is 0 Å². The highest BCUT2D eigenvalue weighted by Gasteiger charge is 2.30. The molecule has 0 fully saturated rings. The predicted molar refractivity (Wildman–Crippen MR) is 68.4 cm³/mol. The molecule has 1 aliphatic rings. The number of aliphatic imine (C=N–C) groups is 1. The number of aromatic nitrogens is 1. The zero-order valence-electron chi connectivity index (χ0n) is 8.74. The summed E-state index contributed by atoms with van der Waals surface area (Å²) in [5.74, 6) is 0.998. The fraction of sp³-hybridized carbons (Fsp3) is 0.333. The van der Waals surface area contributed by atoms with Crippen LogP contribution in [0.25, 0.3) is 0 Å². The minimum Gasteiger partial charge on any atom is -0.259 e. The van der Waals surface area contributed by atoms with Gasteiger partial charge in [-0.15, -0.1) is 23.2 Å². The lowest BCUT2D eigenvalue weighted by Crippen LogP contribution is -2.29. The molecular weight excluding hydrogens is 243 g/mol. The first kappa shape index (κ1) is 11.6. The monoisotopic (exact) mass is 254 g/mol. The van der Waals surface area contributed by atoms with Crippen molar-refractivity contribution in [1.29, 1.82) is 0 Å². The van der Waals surface area contributed by atoms with Gasteiger partial charge >= 0.3 is 0 Å². The topological polar surface area (TPSA) is 25.2 Å². The molecule has 4 heteroatoms. The fourth-order valence-corrected chi connectivity index (χ4v) is 2.29. The van der Waals surface area contributed by atoms with Crippen LogP contribution in [0.3, 0.4) is 0 Å². The number of allylic oxidation sites excluding steroid dienone is 1. The number of hydrogen-bond donors (Lipinski definition) is 0. The smallest absolute Gasteiger partial charge is 0.0844 e. The van der Waals surface area contributed by atoms with Crippen LogP contribution in [-0.2, 0) is 0 Å². The summed E-state index contributed by atoms with van der Waals surface area (Å²) in [5.41, 5.74) is 1.66. The van der Waals surface area contributed by atoms with Crippen LogP contribution in [-0.4, -0.2) is 22.5 Å². The number of pyridine rings is 1. The van der Waals surface area contributed by atoms with Crippen molar-refractivity contribution in [2.75, 3.05) is 11.8 Å². The number of halogens is 2. The molecule has 1 aliphatic heterocycles. The van der Waals surface area contributed by atoms with E-state index in [4.69, 9.17) is 23.2 Å². The average molecular weight is 255 g/mol. The molecule has 84 valence electrons. The first-order valence-electron chi connectivity index (χ1n) is 5.07. The summed E-state index contributed by atoms with van der Waals surface area (Å²) >= 11 is 12.0. The quantitative estimate of drug-likeness (QED) is 0.761. The molecule has 2 heterocycles. The Bertz CT molecular complexity index is 408. The molecule has 0 atom stereocenters. The highest BCUT2D eigenvalue weighted by molar-refractivity contribution is 6.22. The summed E-state index contributed by atoms with van der Waals surface area (Å²) in [6, 6.07) is 5.79. The van der Waals surface area contributed by atoms with Crippen molar-refractivity contribution in [2.24, 2.45) is 10.4 Å². The second-order valence-corrected chi connectivity index (χ2v) is 4.45. The van der Waals surface area contributed by atoms with Gasteiger partial charge in [-0.05, 0) is 12.1 Å². The van der Waals surface area contributed by atoms with Gasteiger partial charge in [0.2, 0.25) is 0 Å². The third-order valence-electron chi connectivity index (χ3n) is 2.67. The van der Waals surface area contributed by atoms with Crippen LogP contribution in [0.15, 0.2) is 41.7 Å². The largest absolute Gasteiger partial charge is 0.259 e. The Morgan fingerprint density at radius 2 is 2.06 bits per heavy atom. The molecule has 0 N–H and O–H groups in total. The van der Waals surface area contributed by atoms with E-state index in [0.717, 1.165) is 17.8 Å². The summed E-state index contributed by atoms with van der Waals surface area (Å²) in [6.45, 7) is 0. The molecule has 1 aromatic heterocycles. The lowest BCUT2D eigenvalue weighted by molar-refractivity contribution is 0.512. The first-order chi connectivity index (χ1) is 7.79. The molecule has 16 heavy (non-hydrogen) atoms. The molecule has 0 aliphatic carbocycles. The Labute approximate surface area is 105 Å². The molecule has 0 aromatic carbocycles. The normalized spacial score (nSPS) is 18.2. The molecule has 0 saturated carbocycles. The summed E-state index contributed by atoms with van der Waals surface area (Å²) in [6.07, 6.45) is 6.27. The maximum absolute atomic E-state index is 5.98. The minimum absolute atomic E-state index is 0.183. The van der Waals surface area contributed by atoms with Gasteiger partial charge in [0.05, 0.1) is 11.4 Å². The van der Waals surface area contributed by atoms with Gasteiger partial charge < -0.3 is 0 Å². The van der Waals surface area contributed by atoms with E-state index < -0.39 is 0 Å². The molecular formula is C12H12Cl2N2. The number of hydrogen-bond acceptors (Lipinski definition) is 2. The highest BCUT2D eigenvalue weighted by Crippen LogP contribution is 2.32. The third-order valence-corrected chi connectivity index (χ3v) is 3.74. The van der Waals surface area contributed by atoms with Crippen molar-refractivity contribution in [3.8, 4) is 0 Å². The van der Waals surface area contributed by atoms with E-state index in [1.165, 1.54) is 0 Å². The maximum atomic E-state index is 5.98. The van der Waals surface area contributed by atoms with Gasteiger partial charge in [0.15, 0.2) is 0 Å². The van der Waals surface area contributed by atoms with E-state index in [-0.39, 0.29) is 5.41 Å². The molecule has 0 unspecified atom stereocenters. The van der Waals surface area contributed by atoms with Gasteiger partial charge in [-0.1, -0.05) is 12.1 Å². The highest BCUT2D eigenvalue weighted by atomic mass is 35.5. The summed E-state index contributed by atoms with van der Waals surface area (Å²) < 4.78 is 0. The number of nitrogens with zero attached hydrogens (tertiary/aromatic N) is 2. The van der Waals surface area contributed by atoms with E-state index >= 15 is 0 Å². The van der Waals surface area contributed by atoms with Crippen LogP contribution < -0.4 is 0 Å². The van der Waals surface area contributed by atoms with Gasteiger partial charge in [-0.25, -0.2) is 0 Å². The van der Waals surface area contributed by atoms with Crippen molar-refractivity contribution in [1.82, 2.24) is 4.98 Å². The van der Waals surface area contributed by atoms with E-state index in [1.807, 2.05) is 24.3 Å². The molecule has 1 aromatic rings. The Hall–Kier alpha value is -0.860. The standard InChI is InChI=1S/C12H12Cl2N2/c13-8-12(9-14)4-6-16-11(7-12)10-3-1-2-5-15-10/h1-6H,7-9H2. The second kappa shape index (κ2) is 4.98. The summed E-state index contributed by atoms with van der Waals surface area (Å²) in [4.78, 5) is 8.63. The minimum atomic E-state index is -0.183. The van der Waals surface area contributed by atoms with Crippen LogP contribution in [0.4, 0.5) is 0 Å². The zero-order valence-corrected chi connectivity index (χ0v) is 10.2. The Balaban J connectivity index is 2.26. The van der Waals surface area contributed by atoms with E-state index in [2.05, 4.69) is 9.98 Å². The Kier molecular flexibility index (Phi) is 3.62. The molecule has 2 rings (SSSR count). The first-order valence-corrected chi connectivity index (χ1v) is 6.14. The van der Waals surface area contributed by atoms with Gasteiger partial charge in [-0.2, -0.15) is 0 Å². The number of alkyl halides is 2. The van der Waals surface area contributed by atoms with Gasteiger partial charge in [0, 0.05) is 36.0 Å². The molecule has 0 bridgehead atoms. The maximum Gasteiger partial charge on any atom is 0.0844 e. The molecule has 0 radical (unpaired) electrons. The van der Waals surface area contributed by atoms with Crippen LogP contribution in [0, 0.1) is 5.41 Å². The van der Waals surface area contributed by atoms with E-state index in [0.29, 0.717) is 11.8 Å². The zero-order chi connectivity index (χ0) is 11.4. The fourth-order valence-electron chi connectivity index (χ4n) is 1.63. The van der Waals surface area contributed by atoms with Crippen LogP contribution in [0.1, 0.15) is 12.1 Å². The van der Waals surface area contributed by atoms with Gasteiger partial charge in [0.25, 0.3) is 0 Å².